The van der Waals surface area contributed by atoms with Crippen LogP contribution < -0.4 is 5.32 Å². The second kappa shape index (κ2) is 6.19. The minimum absolute atomic E-state index is 0.141. The van der Waals surface area contributed by atoms with Gasteiger partial charge < -0.3 is 19.0 Å². The SMILES string of the molecule is CS(=O)(=O)OC(=O)CC(=O)NCc1ccc(C(=O)O)o1. The van der Waals surface area contributed by atoms with Crippen LogP contribution in [0.25, 0.3) is 0 Å². The van der Waals surface area contributed by atoms with Gasteiger partial charge in [0.1, 0.15) is 12.2 Å². The lowest BCUT2D eigenvalue weighted by Gasteiger charge is -2.03. The zero-order chi connectivity index (χ0) is 15.3. The van der Waals surface area contributed by atoms with Crippen molar-refractivity contribution >= 4 is 28.0 Å². The first-order valence-corrected chi connectivity index (χ1v) is 7.00. The highest BCUT2D eigenvalue weighted by molar-refractivity contribution is 7.86. The zero-order valence-corrected chi connectivity index (χ0v) is 11.1. The molecule has 0 aliphatic rings. The monoisotopic (exact) mass is 305 g/mol. The van der Waals surface area contributed by atoms with Crippen LogP contribution in [0.5, 0.6) is 0 Å². The van der Waals surface area contributed by atoms with E-state index >= 15 is 0 Å². The second-order valence-corrected chi connectivity index (χ2v) is 5.26. The van der Waals surface area contributed by atoms with Crippen LogP contribution in [-0.4, -0.2) is 37.6 Å². The molecule has 0 bridgehead atoms. The van der Waals surface area contributed by atoms with Crippen LogP contribution in [0.2, 0.25) is 0 Å². The van der Waals surface area contributed by atoms with Crippen molar-refractivity contribution in [3.63, 3.8) is 0 Å². The Morgan fingerprint density at radius 1 is 1.35 bits per heavy atom. The number of carboxylic acid groups (broad SMARTS) is 1. The van der Waals surface area contributed by atoms with Crippen molar-refractivity contribution in [2.75, 3.05) is 6.26 Å². The number of amides is 1. The van der Waals surface area contributed by atoms with Crippen molar-refractivity contribution in [1.29, 1.82) is 0 Å². The Hall–Kier alpha value is -2.36. The first-order chi connectivity index (χ1) is 9.17. The molecular weight excluding hydrogens is 294 g/mol. The molecule has 110 valence electrons. The number of carboxylic acids is 1. The average Bonchev–Trinajstić information content (AvgIpc) is 2.72. The lowest BCUT2D eigenvalue weighted by Crippen LogP contribution is -2.26. The zero-order valence-electron chi connectivity index (χ0n) is 10.3. The minimum atomic E-state index is -3.96. The third-order valence-corrected chi connectivity index (χ3v) is 2.37. The largest absolute Gasteiger partial charge is 0.475 e. The molecular formula is C10H11NO8S. The van der Waals surface area contributed by atoms with Gasteiger partial charge >= 0.3 is 22.1 Å². The Morgan fingerprint density at radius 2 is 2.00 bits per heavy atom. The van der Waals surface area contributed by atoms with Crippen molar-refractivity contribution in [3.8, 4) is 0 Å². The molecule has 1 aromatic heterocycles. The summed E-state index contributed by atoms with van der Waals surface area (Å²) in [5.41, 5.74) is 0. The molecule has 1 aromatic rings. The maximum Gasteiger partial charge on any atom is 0.371 e. The van der Waals surface area contributed by atoms with Gasteiger partial charge in [0.2, 0.25) is 11.7 Å². The van der Waals surface area contributed by atoms with Crippen LogP contribution in [-0.2, 0) is 30.4 Å². The minimum Gasteiger partial charge on any atom is -0.475 e. The highest BCUT2D eigenvalue weighted by atomic mass is 32.2. The summed E-state index contributed by atoms with van der Waals surface area (Å²) in [7, 11) is -3.96. The van der Waals surface area contributed by atoms with Gasteiger partial charge in [0.05, 0.1) is 12.8 Å². The molecule has 1 rings (SSSR count). The molecule has 0 spiro atoms. The van der Waals surface area contributed by atoms with E-state index in [0.29, 0.717) is 6.26 Å². The molecule has 0 atom stereocenters. The number of aromatic carboxylic acids is 1. The van der Waals surface area contributed by atoms with Crippen LogP contribution >= 0.6 is 0 Å². The van der Waals surface area contributed by atoms with E-state index < -0.39 is 34.4 Å². The molecule has 0 saturated heterocycles. The summed E-state index contributed by atoms with van der Waals surface area (Å²) in [6, 6.07) is 2.56. The normalized spacial score (nSPS) is 10.8. The molecule has 0 fully saturated rings. The van der Waals surface area contributed by atoms with Crippen LogP contribution in [0.4, 0.5) is 0 Å². The Morgan fingerprint density at radius 3 is 2.50 bits per heavy atom. The molecule has 0 aliphatic carbocycles. The summed E-state index contributed by atoms with van der Waals surface area (Å²) >= 11 is 0. The first kappa shape index (κ1) is 15.7. The quantitative estimate of drug-likeness (QED) is 0.528. The fraction of sp³-hybridized carbons (Fsp3) is 0.300. The van der Waals surface area contributed by atoms with E-state index in [1.807, 2.05) is 0 Å². The molecule has 20 heavy (non-hydrogen) atoms. The highest BCUT2D eigenvalue weighted by Crippen LogP contribution is 2.07. The van der Waals surface area contributed by atoms with Gasteiger partial charge in [0.15, 0.2) is 0 Å². The molecule has 1 amide bonds. The number of hydrogen-bond acceptors (Lipinski definition) is 7. The molecule has 1 heterocycles. The van der Waals surface area contributed by atoms with Gasteiger partial charge in [0, 0.05) is 0 Å². The van der Waals surface area contributed by atoms with E-state index in [2.05, 4.69) is 9.50 Å². The lowest BCUT2D eigenvalue weighted by molar-refractivity contribution is -0.138. The Balaban J connectivity index is 2.43. The van der Waals surface area contributed by atoms with Crippen molar-refractivity contribution in [2.24, 2.45) is 0 Å². The summed E-state index contributed by atoms with van der Waals surface area (Å²) in [6.07, 6.45) is -0.0986. The summed E-state index contributed by atoms with van der Waals surface area (Å²) in [5.74, 6) is -3.36. The Labute approximate surface area is 113 Å². The third kappa shape index (κ3) is 5.52. The Kier molecular flexibility index (Phi) is 4.86. The highest BCUT2D eigenvalue weighted by Gasteiger charge is 2.16. The molecule has 9 nitrogen and oxygen atoms in total. The molecule has 0 unspecified atom stereocenters. The van der Waals surface area contributed by atoms with E-state index in [4.69, 9.17) is 9.52 Å². The van der Waals surface area contributed by atoms with Gasteiger partial charge in [-0.1, -0.05) is 0 Å². The lowest BCUT2D eigenvalue weighted by atomic mass is 10.4. The van der Waals surface area contributed by atoms with E-state index in [0.717, 1.165) is 0 Å². The molecule has 0 saturated carbocycles. The number of furan rings is 1. The van der Waals surface area contributed by atoms with E-state index in [9.17, 15) is 22.8 Å². The Bertz CT molecular complexity index is 629. The van der Waals surface area contributed by atoms with Crippen molar-refractivity contribution in [3.05, 3.63) is 23.7 Å². The van der Waals surface area contributed by atoms with Crippen LogP contribution in [0, 0.1) is 0 Å². The van der Waals surface area contributed by atoms with Crippen LogP contribution in [0.3, 0.4) is 0 Å². The predicted molar refractivity (Wildman–Crippen MR) is 63.1 cm³/mol. The summed E-state index contributed by atoms with van der Waals surface area (Å²) < 4.78 is 30.1. The van der Waals surface area contributed by atoms with Crippen molar-refractivity contribution in [2.45, 2.75) is 13.0 Å². The average molecular weight is 305 g/mol. The number of carbonyl (C=O) groups is 3. The van der Waals surface area contributed by atoms with E-state index in [1.54, 1.807) is 0 Å². The second-order valence-electron chi connectivity index (χ2n) is 3.68. The smallest absolute Gasteiger partial charge is 0.371 e. The first-order valence-electron chi connectivity index (χ1n) is 5.18. The number of rotatable bonds is 6. The summed E-state index contributed by atoms with van der Waals surface area (Å²) in [5, 5.41) is 10.9. The number of hydrogen-bond donors (Lipinski definition) is 2. The summed E-state index contributed by atoms with van der Waals surface area (Å²) in [6.45, 7) is -0.141. The molecule has 0 aromatic carbocycles. The molecule has 0 aliphatic heterocycles. The van der Waals surface area contributed by atoms with Gasteiger partial charge in [-0.25, -0.2) is 4.79 Å². The van der Waals surface area contributed by atoms with Gasteiger partial charge in [0.25, 0.3) is 0 Å². The van der Waals surface area contributed by atoms with Gasteiger partial charge in [-0.15, -0.1) is 0 Å². The third-order valence-electron chi connectivity index (χ3n) is 1.88. The van der Waals surface area contributed by atoms with Gasteiger partial charge in [-0.2, -0.15) is 8.42 Å². The molecule has 2 N–H and O–H groups in total. The number of nitrogens with one attached hydrogen (secondary N) is 1. The molecule has 0 radical (unpaired) electrons. The predicted octanol–water partition coefficient (Wildman–Crippen LogP) is -0.513. The van der Waals surface area contributed by atoms with E-state index in [1.165, 1.54) is 12.1 Å². The van der Waals surface area contributed by atoms with Crippen LogP contribution in [0.15, 0.2) is 16.5 Å². The van der Waals surface area contributed by atoms with E-state index in [-0.39, 0.29) is 18.1 Å². The van der Waals surface area contributed by atoms with Gasteiger partial charge in [-0.05, 0) is 12.1 Å². The van der Waals surface area contributed by atoms with Crippen molar-refractivity contribution in [1.82, 2.24) is 5.32 Å². The summed E-state index contributed by atoms with van der Waals surface area (Å²) in [4.78, 5) is 32.8. The fourth-order valence-electron chi connectivity index (χ4n) is 1.17. The molecule has 10 heteroatoms. The van der Waals surface area contributed by atoms with Gasteiger partial charge in [-0.3, -0.25) is 9.59 Å². The number of carbonyl (C=O) groups excluding carboxylic acids is 2. The topological polar surface area (TPSA) is 140 Å². The van der Waals surface area contributed by atoms with Crippen LogP contribution in [0.1, 0.15) is 22.7 Å². The standard InChI is InChI=1S/C10H11NO8S/c1-20(16,17)19-9(13)4-8(12)11-5-6-2-3-7(18-6)10(14)15/h2-3H,4-5H2,1H3,(H,11,12)(H,14,15). The maximum absolute atomic E-state index is 11.3. The maximum atomic E-state index is 11.3. The van der Waals surface area contributed by atoms with Crippen molar-refractivity contribution < 1.29 is 36.5 Å². The fourth-order valence-corrected chi connectivity index (χ4v) is 1.56.